The number of thioether (sulfide) groups is 1. The van der Waals surface area contributed by atoms with E-state index in [1.54, 1.807) is 11.8 Å². The standard InChI is InChI=1S/C15H18N4O2S/c1-11-14(15(20)18-7-9-22-10-8-18)16-17-19(11)12-5-3-4-6-13(12)21-2/h3-6H,7-10H2,1-2H3. The first kappa shape index (κ1) is 14.9. The highest BCUT2D eigenvalue weighted by molar-refractivity contribution is 7.99. The maximum absolute atomic E-state index is 12.6. The summed E-state index contributed by atoms with van der Waals surface area (Å²) in [5.74, 6) is 2.61. The lowest BCUT2D eigenvalue weighted by Gasteiger charge is -2.25. The molecule has 2 heterocycles. The van der Waals surface area contributed by atoms with Crippen LogP contribution in [0.1, 0.15) is 16.2 Å². The summed E-state index contributed by atoms with van der Waals surface area (Å²) < 4.78 is 7.01. The third-order valence-electron chi connectivity index (χ3n) is 3.71. The SMILES string of the molecule is COc1ccccc1-n1nnc(C(=O)N2CCSCC2)c1C. The smallest absolute Gasteiger partial charge is 0.276 e. The fourth-order valence-electron chi connectivity index (χ4n) is 2.48. The molecule has 1 amide bonds. The maximum atomic E-state index is 12.6. The predicted molar refractivity (Wildman–Crippen MR) is 85.9 cm³/mol. The minimum Gasteiger partial charge on any atom is -0.494 e. The Morgan fingerprint density at radius 3 is 2.73 bits per heavy atom. The zero-order chi connectivity index (χ0) is 15.5. The highest BCUT2D eigenvalue weighted by Gasteiger charge is 2.24. The van der Waals surface area contributed by atoms with Crippen molar-refractivity contribution >= 4 is 17.7 Å². The summed E-state index contributed by atoms with van der Waals surface area (Å²) in [4.78, 5) is 14.4. The molecule has 0 radical (unpaired) electrons. The zero-order valence-corrected chi connectivity index (χ0v) is 13.5. The molecule has 1 fully saturated rings. The Morgan fingerprint density at radius 1 is 1.27 bits per heavy atom. The average Bonchev–Trinajstić information content (AvgIpc) is 2.96. The molecule has 116 valence electrons. The molecule has 1 aromatic heterocycles. The number of methoxy groups -OCH3 is 1. The number of ether oxygens (including phenoxy) is 1. The van der Waals surface area contributed by atoms with E-state index >= 15 is 0 Å². The number of aromatic nitrogens is 3. The van der Waals surface area contributed by atoms with Gasteiger partial charge < -0.3 is 9.64 Å². The van der Waals surface area contributed by atoms with Gasteiger partial charge in [0.2, 0.25) is 0 Å². The van der Waals surface area contributed by atoms with Gasteiger partial charge in [-0.05, 0) is 19.1 Å². The van der Waals surface area contributed by atoms with E-state index in [0.717, 1.165) is 36.0 Å². The molecule has 0 spiro atoms. The van der Waals surface area contributed by atoms with Crippen LogP contribution in [0.5, 0.6) is 5.75 Å². The Balaban J connectivity index is 1.93. The molecule has 0 atom stereocenters. The molecular weight excluding hydrogens is 300 g/mol. The molecule has 0 N–H and O–H groups in total. The largest absolute Gasteiger partial charge is 0.494 e. The second kappa shape index (κ2) is 6.39. The van der Waals surface area contributed by atoms with Gasteiger partial charge in [0.05, 0.1) is 12.8 Å². The number of carbonyl (C=O) groups is 1. The van der Waals surface area contributed by atoms with Crippen LogP contribution in [0.25, 0.3) is 5.69 Å². The quantitative estimate of drug-likeness (QED) is 0.863. The van der Waals surface area contributed by atoms with E-state index in [1.807, 2.05) is 47.9 Å². The summed E-state index contributed by atoms with van der Waals surface area (Å²) in [5.41, 5.74) is 1.92. The Bertz CT molecular complexity index is 680. The van der Waals surface area contributed by atoms with Crippen molar-refractivity contribution in [3.05, 3.63) is 35.7 Å². The van der Waals surface area contributed by atoms with Crippen LogP contribution in [0.2, 0.25) is 0 Å². The van der Waals surface area contributed by atoms with Gasteiger partial charge in [0.25, 0.3) is 5.91 Å². The summed E-state index contributed by atoms with van der Waals surface area (Å²) in [6, 6.07) is 7.56. The van der Waals surface area contributed by atoms with E-state index in [-0.39, 0.29) is 5.91 Å². The highest BCUT2D eigenvalue weighted by atomic mass is 32.2. The summed E-state index contributed by atoms with van der Waals surface area (Å²) in [5, 5.41) is 8.25. The van der Waals surface area contributed by atoms with Crippen LogP contribution in [0.15, 0.2) is 24.3 Å². The van der Waals surface area contributed by atoms with Crippen molar-refractivity contribution in [3.63, 3.8) is 0 Å². The number of para-hydroxylation sites is 2. The number of hydrogen-bond acceptors (Lipinski definition) is 5. The van der Waals surface area contributed by atoms with Gasteiger partial charge in [-0.15, -0.1) is 5.10 Å². The van der Waals surface area contributed by atoms with Gasteiger partial charge >= 0.3 is 0 Å². The maximum Gasteiger partial charge on any atom is 0.276 e. The summed E-state index contributed by atoms with van der Waals surface area (Å²) >= 11 is 1.87. The molecule has 22 heavy (non-hydrogen) atoms. The Hall–Kier alpha value is -2.02. The van der Waals surface area contributed by atoms with Gasteiger partial charge in [-0.25, -0.2) is 4.68 Å². The minimum atomic E-state index is -0.0426. The molecule has 1 aliphatic rings. The third-order valence-corrected chi connectivity index (χ3v) is 4.65. The molecule has 1 aliphatic heterocycles. The molecule has 0 saturated carbocycles. The van der Waals surface area contributed by atoms with Crippen molar-refractivity contribution < 1.29 is 9.53 Å². The summed E-state index contributed by atoms with van der Waals surface area (Å²) in [6.45, 7) is 3.40. The van der Waals surface area contributed by atoms with Crippen molar-refractivity contribution in [2.24, 2.45) is 0 Å². The minimum absolute atomic E-state index is 0.0426. The van der Waals surface area contributed by atoms with Crippen molar-refractivity contribution in [2.75, 3.05) is 31.7 Å². The van der Waals surface area contributed by atoms with Gasteiger partial charge in [0.15, 0.2) is 5.69 Å². The summed E-state index contributed by atoms with van der Waals surface area (Å²) in [7, 11) is 1.61. The Labute approximate surface area is 133 Å². The van der Waals surface area contributed by atoms with E-state index in [9.17, 15) is 4.79 Å². The Morgan fingerprint density at radius 2 is 2.00 bits per heavy atom. The van der Waals surface area contributed by atoms with Crippen LogP contribution in [-0.4, -0.2) is 57.5 Å². The molecular formula is C15H18N4O2S. The lowest BCUT2D eigenvalue weighted by atomic mass is 10.2. The lowest BCUT2D eigenvalue weighted by molar-refractivity contribution is 0.0765. The van der Waals surface area contributed by atoms with Crippen LogP contribution in [-0.2, 0) is 0 Å². The molecule has 0 aliphatic carbocycles. The molecule has 2 aromatic rings. The monoisotopic (exact) mass is 318 g/mol. The lowest BCUT2D eigenvalue weighted by Crippen LogP contribution is -2.38. The first-order chi connectivity index (χ1) is 10.7. The molecule has 6 nitrogen and oxygen atoms in total. The van der Waals surface area contributed by atoms with Crippen LogP contribution < -0.4 is 4.74 Å². The first-order valence-electron chi connectivity index (χ1n) is 7.15. The molecule has 0 bridgehead atoms. The number of hydrogen-bond donors (Lipinski definition) is 0. The normalized spacial score (nSPS) is 14.9. The van der Waals surface area contributed by atoms with Crippen molar-refractivity contribution in [1.82, 2.24) is 19.9 Å². The number of benzene rings is 1. The van der Waals surface area contributed by atoms with Crippen molar-refractivity contribution in [1.29, 1.82) is 0 Å². The zero-order valence-electron chi connectivity index (χ0n) is 12.7. The molecule has 3 rings (SSSR count). The van der Waals surface area contributed by atoms with Crippen LogP contribution in [0.4, 0.5) is 0 Å². The predicted octanol–water partition coefficient (Wildman–Crippen LogP) is 1.77. The molecule has 7 heteroatoms. The average molecular weight is 318 g/mol. The first-order valence-corrected chi connectivity index (χ1v) is 8.30. The van der Waals surface area contributed by atoms with Crippen LogP contribution in [0, 0.1) is 6.92 Å². The van der Waals surface area contributed by atoms with E-state index in [0.29, 0.717) is 11.4 Å². The number of carbonyl (C=O) groups excluding carboxylic acids is 1. The highest BCUT2D eigenvalue weighted by Crippen LogP contribution is 2.23. The second-order valence-electron chi connectivity index (χ2n) is 5.01. The van der Waals surface area contributed by atoms with E-state index < -0.39 is 0 Å². The van der Waals surface area contributed by atoms with Crippen LogP contribution in [0.3, 0.4) is 0 Å². The van der Waals surface area contributed by atoms with Gasteiger partial charge in [-0.3, -0.25) is 4.79 Å². The molecule has 0 unspecified atom stereocenters. The van der Waals surface area contributed by atoms with E-state index in [4.69, 9.17) is 4.74 Å². The third kappa shape index (κ3) is 2.68. The van der Waals surface area contributed by atoms with Gasteiger partial charge in [0, 0.05) is 24.6 Å². The number of rotatable bonds is 3. The van der Waals surface area contributed by atoms with Crippen molar-refractivity contribution in [3.8, 4) is 11.4 Å². The van der Waals surface area contributed by atoms with E-state index in [2.05, 4.69) is 10.3 Å². The molecule has 1 saturated heterocycles. The topological polar surface area (TPSA) is 60.2 Å². The Kier molecular flexibility index (Phi) is 4.33. The van der Waals surface area contributed by atoms with Gasteiger partial charge in [-0.1, -0.05) is 17.3 Å². The fraction of sp³-hybridized carbons (Fsp3) is 0.400. The van der Waals surface area contributed by atoms with E-state index in [1.165, 1.54) is 0 Å². The fourth-order valence-corrected chi connectivity index (χ4v) is 3.38. The second-order valence-corrected chi connectivity index (χ2v) is 6.24. The van der Waals surface area contributed by atoms with Gasteiger partial charge in [0.1, 0.15) is 11.4 Å². The van der Waals surface area contributed by atoms with Gasteiger partial charge in [-0.2, -0.15) is 11.8 Å². The molecule has 1 aromatic carbocycles. The number of amides is 1. The van der Waals surface area contributed by atoms with Crippen LogP contribution >= 0.6 is 11.8 Å². The number of nitrogens with zero attached hydrogens (tertiary/aromatic N) is 4. The summed E-state index contributed by atoms with van der Waals surface area (Å²) in [6.07, 6.45) is 0. The van der Waals surface area contributed by atoms with Crippen molar-refractivity contribution in [2.45, 2.75) is 6.92 Å².